The summed E-state index contributed by atoms with van der Waals surface area (Å²) >= 11 is 6.12. The van der Waals surface area contributed by atoms with Gasteiger partial charge in [0.2, 0.25) is 0 Å². The molecule has 1 saturated heterocycles. The first kappa shape index (κ1) is 13.0. The van der Waals surface area contributed by atoms with Crippen LogP contribution in [-0.4, -0.2) is 11.7 Å². The number of nitrogens with one attached hydrogen (secondary N) is 1. The highest BCUT2D eigenvalue weighted by Gasteiger charge is 2.41. The van der Waals surface area contributed by atoms with Crippen molar-refractivity contribution in [2.45, 2.75) is 18.6 Å². The topological polar surface area (TPSA) is 41.5 Å². The largest absolute Gasteiger partial charge is 0.508 e. The van der Waals surface area contributed by atoms with Gasteiger partial charge in [-0.2, -0.15) is 0 Å². The predicted molar refractivity (Wildman–Crippen MR) is 82.7 cm³/mol. The number of hydrogen-bond acceptors (Lipinski definition) is 3. The number of anilines is 1. The van der Waals surface area contributed by atoms with E-state index >= 15 is 0 Å². The van der Waals surface area contributed by atoms with Crippen molar-refractivity contribution in [3.63, 3.8) is 0 Å². The van der Waals surface area contributed by atoms with E-state index in [2.05, 4.69) is 5.32 Å². The predicted octanol–water partition coefficient (Wildman–Crippen LogP) is 4.29. The van der Waals surface area contributed by atoms with E-state index in [0.717, 1.165) is 34.9 Å². The summed E-state index contributed by atoms with van der Waals surface area (Å²) in [6.45, 7) is 0.762. The van der Waals surface area contributed by atoms with Gasteiger partial charge in [0.25, 0.3) is 0 Å². The molecule has 2 aliphatic heterocycles. The minimum atomic E-state index is 0.0762. The normalized spacial score (nSPS) is 26.8. The lowest BCUT2D eigenvalue weighted by Gasteiger charge is -2.36. The third-order valence-corrected chi connectivity index (χ3v) is 4.66. The Kier molecular flexibility index (Phi) is 3.05. The number of rotatable bonds is 1. The van der Waals surface area contributed by atoms with E-state index in [1.165, 1.54) is 0 Å². The van der Waals surface area contributed by atoms with E-state index in [9.17, 15) is 5.11 Å². The quantitative estimate of drug-likeness (QED) is 0.825. The van der Waals surface area contributed by atoms with Gasteiger partial charge in [0.15, 0.2) is 0 Å². The average Bonchev–Trinajstić information content (AvgIpc) is 2.96. The highest BCUT2D eigenvalue weighted by molar-refractivity contribution is 6.30. The molecule has 3 atom stereocenters. The fourth-order valence-electron chi connectivity index (χ4n) is 3.49. The molecule has 0 spiro atoms. The van der Waals surface area contributed by atoms with E-state index in [0.29, 0.717) is 11.7 Å². The van der Waals surface area contributed by atoms with Gasteiger partial charge in [-0.15, -0.1) is 0 Å². The molecule has 2 aliphatic rings. The summed E-state index contributed by atoms with van der Waals surface area (Å²) in [6, 6.07) is 13.5. The Morgan fingerprint density at radius 3 is 2.95 bits per heavy atom. The van der Waals surface area contributed by atoms with Gasteiger partial charge in [0.1, 0.15) is 5.75 Å². The summed E-state index contributed by atoms with van der Waals surface area (Å²) < 4.78 is 5.96. The first-order chi connectivity index (χ1) is 10.2. The van der Waals surface area contributed by atoms with Crippen molar-refractivity contribution in [3.05, 3.63) is 58.6 Å². The third kappa shape index (κ3) is 2.17. The van der Waals surface area contributed by atoms with Crippen molar-refractivity contribution in [3.8, 4) is 5.75 Å². The summed E-state index contributed by atoms with van der Waals surface area (Å²) in [5.41, 5.74) is 3.30. The van der Waals surface area contributed by atoms with E-state index in [-0.39, 0.29) is 12.1 Å². The summed E-state index contributed by atoms with van der Waals surface area (Å²) in [6.07, 6.45) is 1.08. The van der Waals surface area contributed by atoms with Crippen LogP contribution in [-0.2, 0) is 4.74 Å². The SMILES string of the molecule is Oc1cccc([C@H]2Nc3ccc(Cl)cc3[C@H]3OCC[C@@H]23)c1. The first-order valence-corrected chi connectivity index (χ1v) is 7.57. The Morgan fingerprint density at radius 2 is 2.10 bits per heavy atom. The van der Waals surface area contributed by atoms with Crippen LogP contribution in [0.1, 0.15) is 29.7 Å². The van der Waals surface area contributed by atoms with Crippen LogP contribution in [0.4, 0.5) is 5.69 Å². The fourth-order valence-corrected chi connectivity index (χ4v) is 3.67. The van der Waals surface area contributed by atoms with E-state index in [4.69, 9.17) is 16.3 Å². The Hall–Kier alpha value is -1.71. The molecule has 3 nitrogen and oxygen atoms in total. The molecule has 0 amide bonds. The Balaban J connectivity index is 1.79. The van der Waals surface area contributed by atoms with Gasteiger partial charge in [-0.05, 0) is 42.3 Å². The molecule has 0 aromatic heterocycles. The van der Waals surface area contributed by atoms with Gasteiger partial charge in [-0.3, -0.25) is 0 Å². The zero-order valence-corrected chi connectivity index (χ0v) is 12.2. The van der Waals surface area contributed by atoms with E-state index in [1.54, 1.807) is 6.07 Å². The molecule has 2 aromatic carbocycles. The molecule has 4 heteroatoms. The number of hydrogen-bond donors (Lipinski definition) is 2. The smallest absolute Gasteiger partial charge is 0.115 e. The zero-order valence-electron chi connectivity index (χ0n) is 11.4. The zero-order chi connectivity index (χ0) is 14.4. The van der Waals surface area contributed by atoms with Crippen LogP contribution in [0.2, 0.25) is 5.02 Å². The molecule has 108 valence electrons. The molecule has 0 bridgehead atoms. The maximum Gasteiger partial charge on any atom is 0.115 e. The molecule has 2 aromatic rings. The van der Waals surface area contributed by atoms with Crippen LogP contribution < -0.4 is 5.32 Å². The Labute approximate surface area is 128 Å². The number of aromatic hydroxyl groups is 1. The number of phenolic OH excluding ortho intramolecular Hbond substituents is 1. The molecular formula is C17H16ClNO2. The van der Waals surface area contributed by atoms with Crippen molar-refractivity contribution < 1.29 is 9.84 Å². The van der Waals surface area contributed by atoms with Gasteiger partial charge in [0, 0.05) is 28.8 Å². The fraction of sp³-hybridized carbons (Fsp3) is 0.294. The monoisotopic (exact) mass is 301 g/mol. The van der Waals surface area contributed by atoms with Crippen LogP contribution in [0.3, 0.4) is 0 Å². The Morgan fingerprint density at radius 1 is 1.19 bits per heavy atom. The molecule has 2 heterocycles. The van der Waals surface area contributed by atoms with Gasteiger partial charge in [-0.25, -0.2) is 0 Å². The number of fused-ring (bicyclic) bond motifs is 3. The van der Waals surface area contributed by atoms with Crippen molar-refractivity contribution in [2.24, 2.45) is 5.92 Å². The second kappa shape index (κ2) is 4.93. The molecule has 0 radical (unpaired) electrons. The second-order valence-corrected chi connectivity index (χ2v) is 6.13. The Bertz CT molecular complexity index is 688. The molecule has 0 saturated carbocycles. The van der Waals surface area contributed by atoms with Crippen LogP contribution >= 0.6 is 11.6 Å². The summed E-state index contributed by atoms with van der Waals surface area (Å²) in [4.78, 5) is 0. The van der Waals surface area contributed by atoms with Crippen LogP contribution in [0.25, 0.3) is 0 Å². The van der Waals surface area contributed by atoms with E-state index in [1.807, 2.05) is 36.4 Å². The van der Waals surface area contributed by atoms with Gasteiger partial charge < -0.3 is 15.2 Å². The summed E-state index contributed by atoms with van der Waals surface area (Å²) in [7, 11) is 0. The first-order valence-electron chi connectivity index (χ1n) is 7.19. The van der Waals surface area contributed by atoms with Crippen LogP contribution in [0.15, 0.2) is 42.5 Å². The lowest BCUT2D eigenvalue weighted by Crippen LogP contribution is -2.29. The lowest BCUT2D eigenvalue weighted by molar-refractivity contribution is 0.0829. The van der Waals surface area contributed by atoms with E-state index < -0.39 is 0 Å². The van der Waals surface area contributed by atoms with Crippen molar-refractivity contribution >= 4 is 17.3 Å². The standard InChI is InChI=1S/C17H16ClNO2/c18-11-4-5-15-14(9-11)17-13(6-7-21-17)16(19-15)10-2-1-3-12(20)8-10/h1-5,8-9,13,16-17,19-20H,6-7H2/t13-,16+,17-/m0/s1. The number of phenols is 1. The molecule has 0 unspecified atom stereocenters. The number of benzene rings is 2. The van der Waals surface area contributed by atoms with Crippen molar-refractivity contribution in [2.75, 3.05) is 11.9 Å². The minimum Gasteiger partial charge on any atom is -0.508 e. The molecular weight excluding hydrogens is 286 g/mol. The molecule has 0 aliphatic carbocycles. The van der Waals surface area contributed by atoms with Gasteiger partial charge in [0.05, 0.1) is 12.1 Å². The highest BCUT2D eigenvalue weighted by Crippen LogP contribution is 2.50. The lowest BCUT2D eigenvalue weighted by atomic mass is 9.81. The number of ether oxygens (including phenoxy) is 1. The third-order valence-electron chi connectivity index (χ3n) is 4.43. The maximum atomic E-state index is 9.74. The van der Waals surface area contributed by atoms with Crippen molar-refractivity contribution in [1.29, 1.82) is 0 Å². The summed E-state index contributed by atoms with van der Waals surface area (Å²) in [5, 5.41) is 14.1. The van der Waals surface area contributed by atoms with Gasteiger partial charge >= 0.3 is 0 Å². The van der Waals surface area contributed by atoms with Crippen LogP contribution in [0, 0.1) is 5.92 Å². The highest BCUT2D eigenvalue weighted by atomic mass is 35.5. The summed E-state index contributed by atoms with van der Waals surface area (Å²) in [5.74, 6) is 0.657. The second-order valence-electron chi connectivity index (χ2n) is 5.69. The minimum absolute atomic E-state index is 0.0762. The molecule has 2 N–H and O–H groups in total. The van der Waals surface area contributed by atoms with Gasteiger partial charge in [-0.1, -0.05) is 23.7 Å². The molecule has 21 heavy (non-hydrogen) atoms. The number of halogens is 1. The molecule has 4 rings (SSSR count). The molecule has 1 fully saturated rings. The maximum absolute atomic E-state index is 9.74. The van der Waals surface area contributed by atoms with Crippen LogP contribution in [0.5, 0.6) is 5.75 Å². The average molecular weight is 302 g/mol. The van der Waals surface area contributed by atoms with Crippen molar-refractivity contribution in [1.82, 2.24) is 0 Å².